The van der Waals surface area contributed by atoms with Gasteiger partial charge in [0.2, 0.25) is 5.91 Å². The summed E-state index contributed by atoms with van der Waals surface area (Å²) in [4.78, 5) is 31.5. The Morgan fingerprint density at radius 1 is 1.03 bits per heavy atom. The molecule has 9 heteroatoms. The van der Waals surface area contributed by atoms with Crippen molar-refractivity contribution >= 4 is 34.4 Å². The number of imidazole rings is 1. The maximum atomic E-state index is 12.9. The van der Waals surface area contributed by atoms with E-state index in [1.54, 1.807) is 24.3 Å². The van der Waals surface area contributed by atoms with E-state index in [2.05, 4.69) is 5.32 Å². The van der Waals surface area contributed by atoms with Gasteiger partial charge in [-0.2, -0.15) is 0 Å². The summed E-state index contributed by atoms with van der Waals surface area (Å²) in [6.07, 6.45) is 3.50. The van der Waals surface area contributed by atoms with E-state index < -0.39 is 0 Å². The van der Waals surface area contributed by atoms with Gasteiger partial charge in [-0.3, -0.25) is 9.59 Å². The number of hydrogen-bond acceptors (Lipinski definition) is 5. The second-order valence-electron chi connectivity index (χ2n) is 8.50. The maximum Gasteiger partial charge on any atom is 0.257 e. The lowest BCUT2D eigenvalue weighted by atomic mass is 10.2. The minimum Gasteiger partial charge on any atom is -0.484 e. The molecule has 0 aliphatic carbocycles. The van der Waals surface area contributed by atoms with E-state index >= 15 is 0 Å². The van der Waals surface area contributed by atoms with Crippen molar-refractivity contribution < 1.29 is 19.1 Å². The first-order valence-electron chi connectivity index (χ1n) is 12.0. The summed E-state index contributed by atoms with van der Waals surface area (Å²) in [5.74, 6) is 1.48. The van der Waals surface area contributed by atoms with Gasteiger partial charge in [-0.15, -0.1) is 0 Å². The predicted molar refractivity (Wildman–Crippen MR) is 135 cm³/mol. The van der Waals surface area contributed by atoms with Crippen LogP contribution in [0.5, 0.6) is 5.75 Å². The van der Waals surface area contributed by atoms with Crippen molar-refractivity contribution in [2.45, 2.75) is 32.2 Å². The molecule has 2 aromatic carbocycles. The number of carbonyl (C=O) groups is 2. The smallest absolute Gasteiger partial charge is 0.257 e. The van der Waals surface area contributed by atoms with Crippen LogP contribution in [-0.4, -0.2) is 65.7 Å². The lowest BCUT2D eigenvalue weighted by Crippen LogP contribution is -2.42. The predicted octanol–water partition coefficient (Wildman–Crippen LogP) is 3.46. The summed E-state index contributed by atoms with van der Waals surface area (Å²) in [5, 5.41) is 3.51. The summed E-state index contributed by atoms with van der Waals surface area (Å²) in [5.41, 5.74) is 1.89. The fourth-order valence-corrected chi connectivity index (χ4v) is 4.21. The highest BCUT2D eigenvalue weighted by atomic mass is 35.5. The molecule has 0 radical (unpaired) electrons. The number of ether oxygens (including phenoxy) is 2. The minimum atomic E-state index is -0.150. The molecule has 1 aromatic heterocycles. The van der Waals surface area contributed by atoms with Crippen LogP contribution in [-0.2, 0) is 27.3 Å². The number of aromatic nitrogens is 2. The van der Waals surface area contributed by atoms with Gasteiger partial charge in [-0.05, 0) is 49.2 Å². The monoisotopic (exact) mass is 498 g/mol. The van der Waals surface area contributed by atoms with Gasteiger partial charge in [0.05, 0.1) is 24.2 Å². The Hall–Kier alpha value is -3.10. The van der Waals surface area contributed by atoms with Crippen molar-refractivity contribution in [3.63, 3.8) is 0 Å². The fourth-order valence-electron chi connectivity index (χ4n) is 4.08. The normalized spacial score (nSPS) is 13.7. The number of benzene rings is 2. The topological polar surface area (TPSA) is 85.7 Å². The third kappa shape index (κ3) is 7.19. The van der Waals surface area contributed by atoms with Crippen molar-refractivity contribution in [1.29, 1.82) is 0 Å². The number of hydrogen-bond donors (Lipinski definition) is 1. The number of aryl methyl sites for hydroxylation is 1. The molecule has 0 unspecified atom stereocenters. The number of unbranched alkanes of at least 4 members (excludes halogenated alkanes) is 2. The number of amides is 2. The number of rotatable bonds is 11. The quantitative estimate of drug-likeness (QED) is 0.409. The van der Waals surface area contributed by atoms with Gasteiger partial charge in [0, 0.05) is 31.1 Å². The number of fused-ring (bicyclic) bond motifs is 1. The Morgan fingerprint density at radius 2 is 1.80 bits per heavy atom. The first-order valence-corrected chi connectivity index (χ1v) is 12.4. The zero-order chi connectivity index (χ0) is 24.5. The van der Waals surface area contributed by atoms with Crippen LogP contribution in [0.2, 0.25) is 5.02 Å². The molecule has 0 spiro atoms. The number of morpholine rings is 1. The Kier molecular flexibility index (Phi) is 8.97. The second kappa shape index (κ2) is 12.6. The Balaban J connectivity index is 1.21. The Bertz CT molecular complexity index is 1130. The van der Waals surface area contributed by atoms with Crippen molar-refractivity contribution in [2.75, 3.05) is 39.5 Å². The van der Waals surface area contributed by atoms with E-state index in [1.807, 2.05) is 33.7 Å². The van der Waals surface area contributed by atoms with E-state index in [4.69, 9.17) is 26.1 Å². The van der Waals surface area contributed by atoms with Crippen molar-refractivity contribution in [3.8, 4) is 5.75 Å². The molecular formula is C26H31ClN4O4. The molecule has 1 aliphatic heterocycles. The molecule has 1 saturated heterocycles. The summed E-state index contributed by atoms with van der Waals surface area (Å²) in [7, 11) is 0. The van der Waals surface area contributed by atoms with E-state index in [0.29, 0.717) is 50.2 Å². The first-order chi connectivity index (χ1) is 17.1. The van der Waals surface area contributed by atoms with Gasteiger partial charge in [0.25, 0.3) is 5.91 Å². The van der Waals surface area contributed by atoms with E-state index in [9.17, 15) is 9.59 Å². The van der Waals surface area contributed by atoms with Gasteiger partial charge in [0.15, 0.2) is 6.61 Å². The van der Waals surface area contributed by atoms with Gasteiger partial charge in [-0.1, -0.05) is 30.2 Å². The highest BCUT2D eigenvalue weighted by molar-refractivity contribution is 6.30. The molecule has 0 saturated carbocycles. The molecule has 186 valence electrons. The van der Waals surface area contributed by atoms with Crippen LogP contribution in [0, 0.1) is 0 Å². The third-order valence-corrected chi connectivity index (χ3v) is 6.23. The molecule has 8 nitrogen and oxygen atoms in total. The SMILES string of the molecule is O=C(COc1ccc(Cl)cc1)NCCCCCc1nc2ccccc2n1CC(=O)N1CCOCC1. The van der Waals surface area contributed by atoms with Crippen molar-refractivity contribution in [3.05, 3.63) is 59.4 Å². The van der Waals surface area contributed by atoms with Crippen LogP contribution in [0.1, 0.15) is 25.1 Å². The van der Waals surface area contributed by atoms with Gasteiger partial charge < -0.3 is 24.3 Å². The Morgan fingerprint density at radius 3 is 2.60 bits per heavy atom. The minimum absolute atomic E-state index is 0.0250. The maximum absolute atomic E-state index is 12.9. The molecule has 4 rings (SSSR count). The van der Waals surface area contributed by atoms with Crippen LogP contribution >= 0.6 is 11.6 Å². The molecule has 0 bridgehead atoms. The van der Waals surface area contributed by atoms with Gasteiger partial charge in [0.1, 0.15) is 18.1 Å². The lowest BCUT2D eigenvalue weighted by Gasteiger charge is -2.27. The van der Waals surface area contributed by atoms with Crippen LogP contribution in [0.4, 0.5) is 0 Å². The standard InChI is InChI=1S/C26H31ClN4O4/c27-20-9-11-21(12-10-20)35-19-25(32)28-13-5-1-2-8-24-29-22-6-3-4-7-23(22)31(24)18-26(33)30-14-16-34-17-15-30/h3-4,6-7,9-12H,1-2,5,8,13-19H2,(H,28,32). The second-order valence-corrected chi connectivity index (χ2v) is 8.94. The number of carbonyl (C=O) groups excluding carboxylic acids is 2. The highest BCUT2D eigenvalue weighted by Gasteiger charge is 2.20. The summed E-state index contributed by atoms with van der Waals surface area (Å²) in [6.45, 7) is 3.31. The average Bonchev–Trinajstić information content (AvgIpc) is 3.23. The number of halogens is 1. The fraction of sp³-hybridized carbons (Fsp3) is 0.423. The summed E-state index contributed by atoms with van der Waals surface area (Å²) < 4.78 is 12.9. The largest absolute Gasteiger partial charge is 0.484 e. The van der Waals surface area contributed by atoms with Crippen molar-refractivity contribution in [1.82, 2.24) is 19.8 Å². The molecule has 2 heterocycles. The average molecular weight is 499 g/mol. The third-order valence-electron chi connectivity index (χ3n) is 5.97. The van der Waals surface area contributed by atoms with Crippen molar-refractivity contribution in [2.24, 2.45) is 0 Å². The molecule has 1 N–H and O–H groups in total. The molecule has 1 fully saturated rings. The molecule has 0 atom stereocenters. The summed E-state index contributed by atoms with van der Waals surface area (Å²) >= 11 is 5.85. The van der Waals surface area contributed by atoms with Crippen LogP contribution in [0.15, 0.2) is 48.5 Å². The first kappa shape index (κ1) is 25.0. The van der Waals surface area contributed by atoms with Gasteiger partial charge >= 0.3 is 0 Å². The molecular weight excluding hydrogens is 468 g/mol. The highest BCUT2D eigenvalue weighted by Crippen LogP contribution is 2.19. The Labute approximate surface area is 210 Å². The molecule has 35 heavy (non-hydrogen) atoms. The molecule has 2 amide bonds. The van der Waals surface area contributed by atoms with Crippen LogP contribution < -0.4 is 10.1 Å². The van der Waals surface area contributed by atoms with E-state index in [0.717, 1.165) is 42.5 Å². The number of para-hydroxylation sites is 2. The molecule has 1 aliphatic rings. The number of nitrogens with zero attached hydrogens (tertiary/aromatic N) is 3. The molecule has 3 aromatic rings. The van der Waals surface area contributed by atoms with Gasteiger partial charge in [-0.25, -0.2) is 4.98 Å². The number of nitrogens with one attached hydrogen (secondary N) is 1. The zero-order valence-electron chi connectivity index (χ0n) is 19.7. The van der Waals surface area contributed by atoms with E-state index in [1.165, 1.54) is 0 Å². The lowest BCUT2D eigenvalue weighted by molar-refractivity contribution is -0.135. The summed E-state index contributed by atoms with van der Waals surface area (Å²) in [6, 6.07) is 14.9. The van der Waals surface area contributed by atoms with Crippen LogP contribution in [0.25, 0.3) is 11.0 Å². The van der Waals surface area contributed by atoms with E-state index in [-0.39, 0.29) is 18.4 Å². The van der Waals surface area contributed by atoms with Crippen LogP contribution in [0.3, 0.4) is 0 Å². The zero-order valence-corrected chi connectivity index (χ0v) is 20.5.